The third-order valence-corrected chi connectivity index (χ3v) is 5.86. The summed E-state index contributed by atoms with van der Waals surface area (Å²) in [5.41, 5.74) is 2.49. The number of aromatic nitrogens is 2. The summed E-state index contributed by atoms with van der Waals surface area (Å²) in [6.07, 6.45) is 2.02. The van der Waals surface area contributed by atoms with Crippen molar-refractivity contribution < 1.29 is 18.0 Å². The van der Waals surface area contributed by atoms with Crippen LogP contribution in [0.1, 0.15) is 45.4 Å². The first kappa shape index (κ1) is 25.7. The maximum atomic E-state index is 13.1. The van der Waals surface area contributed by atoms with Crippen LogP contribution in [0.15, 0.2) is 82.5 Å². The molecule has 0 bridgehead atoms. The fraction of sp³-hybridized carbons (Fsp3) is 0.222. The van der Waals surface area contributed by atoms with Crippen molar-refractivity contribution >= 4 is 27.9 Å². The first-order chi connectivity index (χ1) is 16.6. The van der Waals surface area contributed by atoms with Gasteiger partial charge in [-0.2, -0.15) is 13.2 Å². The second kappa shape index (κ2) is 10.5. The van der Waals surface area contributed by atoms with Crippen molar-refractivity contribution in [1.29, 1.82) is 0 Å². The minimum Gasteiger partial charge on any atom is -0.329 e. The van der Waals surface area contributed by atoms with Crippen molar-refractivity contribution in [1.82, 2.24) is 9.97 Å². The van der Waals surface area contributed by atoms with Crippen molar-refractivity contribution in [3.63, 3.8) is 0 Å². The summed E-state index contributed by atoms with van der Waals surface area (Å²) in [5.74, 6) is -0.565. The number of amides is 1. The molecule has 0 saturated carbocycles. The third kappa shape index (κ3) is 5.77. The Balaban J connectivity index is 2.11. The van der Waals surface area contributed by atoms with Crippen LogP contribution in [0.2, 0.25) is 0 Å². The van der Waals surface area contributed by atoms with Gasteiger partial charge >= 0.3 is 6.18 Å². The molecule has 3 rings (SSSR count). The van der Waals surface area contributed by atoms with Gasteiger partial charge < -0.3 is 10.3 Å². The molecule has 0 fully saturated rings. The fourth-order valence-corrected chi connectivity index (χ4v) is 3.64. The highest BCUT2D eigenvalue weighted by molar-refractivity contribution is 6.08. The monoisotopic (exact) mass is 481 g/mol. The Morgan fingerprint density at radius 2 is 1.89 bits per heavy atom. The number of alkyl halides is 3. The van der Waals surface area contributed by atoms with Crippen LogP contribution in [0.4, 0.5) is 18.9 Å². The molecule has 1 amide bonds. The van der Waals surface area contributed by atoms with Gasteiger partial charge in [-0.05, 0) is 79.6 Å². The minimum absolute atomic E-state index is 0.0136. The van der Waals surface area contributed by atoms with Crippen molar-refractivity contribution in [3.8, 4) is 0 Å². The van der Waals surface area contributed by atoms with E-state index in [1.54, 1.807) is 43.5 Å². The number of rotatable bonds is 6. The van der Waals surface area contributed by atoms with Gasteiger partial charge in [0, 0.05) is 29.0 Å². The normalized spacial score (nSPS) is 13.6. The molecule has 8 heteroatoms. The summed E-state index contributed by atoms with van der Waals surface area (Å²) in [6, 6.07) is 9.28. The highest BCUT2D eigenvalue weighted by Crippen LogP contribution is 2.33. The average molecular weight is 482 g/mol. The SMILES string of the molecule is C/C=C(\C=C(/C(C)=C(C)CC)c1cccc2c(=O)[nH]ccc12)C(=O)Nc1ccnc(C(F)(F)F)c1. The zero-order valence-electron chi connectivity index (χ0n) is 19.9. The molecule has 2 heterocycles. The van der Waals surface area contributed by atoms with Gasteiger partial charge in [0.2, 0.25) is 0 Å². The standard InChI is InChI=1S/C27H26F3N3O2/c1-5-16(3)17(4)23(20-8-7-9-22-21(20)11-13-32-26(22)35)14-18(6-2)25(34)33-19-10-12-31-24(15-19)27(28,29)30/h6-15H,5H2,1-4H3,(H,32,35)(H,31,33,34)/b17-16?,18-6+,23-14+. The number of aromatic amines is 1. The maximum Gasteiger partial charge on any atom is 0.433 e. The van der Waals surface area contributed by atoms with Gasteiger partial charge in [0.25, 0.3) is 11.5 Å². The zero-order valence-corrected chi connectivity index (χ0v) is 19.9. The molecule has 0 radical (unpaired) electrons. The van der Waals surface area contributed by atoms with E-state index in [4.69, 9.17) is 0 Å². The molecule has 0 aliphatic heterocycles. The Morgan fingerprint density at radius 1 is 1.14 bits per heavy atom. The molecule has 0 saturated heterocycles. The number of halogens is 3. The molecule has 35 heavy (non-hydrogen) atoms. The number of carbonyl (C=O) groups excluding carboxylic acids is 1. The van der Waals surface area contributed by atoms with Crippen LogP contribution in [0, 0.1) is 0 Å². The summed E-state index contributed by atoms with van der Waals surface area (Å²) in [7, 11) is 0. The Bertz CT molecular complexity index is 1410. The predicted molar refractivity (Wildman–Crippen MR) is 133 cm³/mol. The van der Waals surface area contributed by atoms with Gasteiger partial charge in [0.1, 0.15) is 5.69 Å². The van der Waals surface area contributed by atoms with Crippen LogP contribution in [0.5, 0.6) is 0 Å². The summed E-state index contributed by atoms with van der Waals surface area (Å²) in [5, 5.41) is 3.77. The van der Waals surface area contributed by atoms with E-state index in [9.17, 15) is 22.8 Å². The summed E-state index contributed by atoms with van der Waals surface area (Å²) in [4.78, 5) is 31.4. The Labute approximate surface area is 201 Å². The largest absolute Gasteiger partial charge is 0.433 e. The van der Waals surface area contributed by atoms with E-state index in [1.165, 1.54) is 6.07 Å². The molecular weight excluding hydrogens is 455 g/mol. The van der Waals surface area contributed by atoms with Crippen molar-refractivity contribution in [2.24, 2.45) is 0 Å². The van der Waals surface area contributed by atoms with Gasteiger partial charge in [0.05, 0.1) is 0 Å². The van der Waals surface area contributed by atoms with E-state index >= 15 is 0 Å². The second-order valence-electron chi connectivity index (χ2n) is 8.02. The van der Waals surface area contributed by atoms with Gasteiger partial charge in [-0.1, -0.05) is 30.7 Å². The fourth-order valence-electron chi connectivity index (χ4n) is 3.64. The van der Waals surface area contributed by atoms with Crippen molar-refractivity contribution in [3.05, 3.63) is 99.3 Å². The quantitative estimate of drug-likeness (QED) is 0.306. The summed E-state index contributed by atoms with van der Waals surface area (Å²) < 4.78 is 39.1. The molecule has 5 nitrogen and oxygen atoms in total. The number of nitrogens with zero attached hydrogens (tertiary/aromatic N) is 1. The highest BCUT2D eigenvalue weighted by atomic mass is 19.4. The van der Waals surface area contributed by atoms with E-state index < -0.39 is 17.8 Å². The van der Waals surface area contributed by atoms with Crippen LogP contribution >= 0.6 is 0 Å². The van der Waals surface area contributed by atoms with E-state index in [0.29, 0.717) is 5.39 Å². The van der Waals surface area contributed by atoms with Crippen LogP contribution in [0.3, 0.4) is 0 Å². The molecule has 182 valence electrons. The lowest BCUT2D eigenvalue weighted by Crippen LogP contribution is -2.15. The third-order valence-electron chi connectivity index (χ3n) is 5.86. The summed E-state index contributed by atoms with van der Waals surface area (Å²) >= 11 is 0. The lowest BCUT2D eigenvalue weighted by Gasteiger charge is -2.16. The van der Waals surface area contributed by atoms with E-state index in [2.05, 4.69) is 15.3 Å². The lowest BCUT2D eigenvalue weighted by atomic mass is 9.89. The number of carbonyl (C=O) groups is 1. The molecule has 0 aliphatic carbocycles. The summed E-state index contributed by atoms with van der Waals surface area (Å²) in [6.45, 7) is 7.64. The van der Waals surface area contributed by atoms with Gasteiger partial charge in [-0.3, -0.25) is 14.6 Å². The molecule has 2 N–H and O–H groups in total. The molecule has 0 unspecified atom stereocenters. The number of anilines is 1. The van der Waals surface area contributed by atoms with E-state index in [-0.39, 0.29) is 16.8 Å². The van der Waals surface area contributed by atoms with E-state index in [1.807, 2.05) is 26.8 Å². The second-order valence-corrected chi connectivity index (χ2v) is 8.02. The van der Waals surface area contributed by atoms with Crippen LogP contribution in [-0.2, 0) is 11.0 Å². The number of nitrogens with one attached hydrogen (secondary N) is 2. The number of benzene rings is 1. The highest BCUT2D eigenvalue weighted by Gasteiger charge is 2.32. The number of fused-ring (bicyclic) bond motifs is 1. The maximum absolute atomic E-state index is 13.1. The molecule has 0 aliphatic rings. The smallest absolute Gasteiger partial charge is 0.329 e. The van der Waals surface area contributed by atoms with Crippen LogP contribution < -0.4 is 10.9 Å². The van der Waals surface area contributed by atoms with Gasteiger partial charge in [-0.15, -0.1) is 0 Å². The minimum atomic E-state index is -4.62. The van der Waals surface area contributed by atoms with E-state index in [0.717, 1.165) is 46.4 Å². The van der Waals surface area contributed by atoms with Crippen molar-refractivity contribution in [2.75, 3.05) is 5.32 Å². The lowest BCUT2D eigenvalue weighted by molar-refractivity contribution is -0.141. The molecular formula is C27H26F3N3O2. The first-order valence-corrected chi connectivity index (χ1v) is 11.1. The molecule has 0 spiro atoms. The topological polar surface area (TPSA) is 74.8 Å². The first-order valence-electron chi connectivity index (χ1n) is 11.1. The Morgan fingerprint density at radius 3 is 2.54 bits per heavy atom. The number of pyridine rings is 2. The number of hydrogen-bond acceptors (Lipinski definition) is 3. The van der Waals surface area contributed by atoms with Crippen molar-refractivity contribution in [2.45, 2.75) is 40.3 Å². The number of allylic oxidation sites excluding steroid dienone is 4. The van der Waals surface area contributed by atoms with Crippen LogP contribution in [0.25, 0.3) is 16.3 Å². The Kier molecular flexibility index (Phi) is 7.74. The molecule has 2 aromatic heterocycles. The van der Waals surface area contributed by atoms with Gasteiger partial charge in [0.15, 0.2) is 0 Å². The average Bonchev–Trinajstić information content (AvgIpc) is 2.83. The molecule has 3 aromatic rings. The van der Waals surface area contributed by atoms with Crippen LogP contribution in [-0.4, -0.2) is 15.9 Å². The number of hydrogen-bond donors (Lipinski definition) is 2. The predicted octanol–water partition coefficient (Wildman–Crippen LogP) is 6.66. The molecule has 1 aromatic carbocycles. The zero-order chi connectivity index (χ0) is 25.8. The Hall–Kier alpha value is -3.94. The molecule has 0 atom stereocenters. The number of H-pyrrole nitrogens is 1. The van der Waals surface area contributed by atoms with Gasteiger partial charge in [-0.25, -0.2) is 0 Å².